The maximum Gasteiger partial charge on any atom is 0.251 e. The van der Waals surface area contributed by atoms with Crippen LogP contribution in [0.2, 0.25) is 0 Å². The fraction of sp³-hybridized carbons (Fsp3) is 0.909. The number of likely N-dealkylation sites (tertiary alicyclic amines) is 1. The summed E-state index contributed by atoms with van der Waals surface area (Å²) in [7, 11) is 0. The number of carbonyl (C=O) groups excluding carboxylic acids is 1. The molecule has 4 heteroatoms. The number of hydrogen-bond acceptors (Lipinski definition) is 3. The van der Waals surface area contributed by atoms with E-state index in [-0.39, 0.29) is 18.1 Å². The van der Waals surface area contributed by atoms with E-state index in [1.165, 1.54) is 0 Å². The molecule has 0 radical (unpaired) electrons. The van der Waals surface area contributed by atoms with Crippen LogP contribution in [0.3, 0.4) is 0 Å². The molecule has 2 unspecified atom stereocenters. The molecule has 2 heterocycles. The summed E-state index contributed by atoms with van der Waals surface area (Å²) in [6, 6.07) is 0.187. The van der Waals surface area contributed by atoms with Gasteiger partial charge >= 0.3 is 0 Å². The van der Waals surface area contributed by atoms with Crippen molar-refractivity contribution in [3.63, 3.8) is 0 Å². The van der Waals surface area contributed by atoms with E-state index < -0.39 is 0 Å². The molecule has 2 aliphatic rings. The molecule has 0 spiro atoms. The first-order valence-electron chi connectivity index (χ1n) is 5.84. The maximum absolute atomic E-state index is 12.0. The second-order valence-corrected chi connectivity index (χ2v) is 4.69. The molecule has 2 fully saturated rings. The predicted molar refractivity (Wildman–Crippen MR) is 57.3 cm³/mol. The average Bonchev–Trinajstić information content (AvgIpc) is 2.88. The fourth-order valence-corrected chi connectivity index (χ4v) is 2.39. The van der Waals surface area contributed by atoms with Crippen molar-refractivity contribution >= 4 is 5.91 Å². The first-order chi connectivity index (χ1) is 7.18. The van der Waals surface area contributed by atoms with Gasteiger partial charge in [0, 0.05) is 25.7 Å². The monoisotopic (exact) mass is 212 g/mol. The molecule has 0 aromatic heterocycles. The number of rotatable bonds is 2. The van der Waals surface area contributed by atoms with Crippen molar-refractivity contribution in [2.75, 3.05) is 19.7 Å². The molecule has 2 rings (SSSR count). The van der Waals surface area contributed by atoms with E-state index >= 15 is 0 Å². The normalized spacial score (nSPS) is 33.3. The zero-order chi connectivity index (χ0) is 10.8. The second kappa shape index (κ2) is 4.49. The van der Waals surface area contributed by atoms with Crippen LogP contribution in [0.1, 0.15) is 26.2 Å². The first-order valence-corrected chi connectivity index (χ1v) is 5.84. The molecule has 1 amide bonds. The SMILES string of the molecule is CC(N)C1CCN(C(=O)[C@H]2CCCO2)C1. The Bertz CT molecular complexity index is 237. The van der Waals surface area contributed by atoms with E-state index in [2.05, 4.69) is 0 Å². The van der Waals surface area contributed by atoms with Crippen LogP contribution >= 0.6 is 0 Å². The van der Waals surface area contributed by atoms with Crippen molar-refractivity contribution in [3.8, 4) is 0 Å². The topological polar surface area (TPSA) is 55.6 Å². The van der Waals surface area contributed by atoms with E-state index in [0.717, 1.165) is 39.0 Å². The summed E-state index contributed by atoms with van der Waals surface area (Å²) < 4.78 is 5.40. The molecule has 15 heavy (non-hydrogen) atoms. The predicted octanol–water partition coefficient (Wildman–Crippen LogP) is 0.361. The van der Waals surface area contributed by atoms with Gasteiger partial charge in [-0.1, -0.05) is 0 Å². The van der Waals surface area contributed by atoms with E-state index in [9.17, 15) is 4.79 Å². The van der Waals surface area contributed by atoms with Gasteiger partial charge in [-0.15, -0.1) is 0 Å². The Morgan fingerprint density at radius 2 is 2.33 bits per heavy atom. The van der Waals surface area contributed by atoms with Gasteiger partial charge in [0.25, 0.3) is 5.91 Å². The van der Waals surface area contributed by atoms with Crippen LogP contribution < -0.4 is 5.73 Å². The number of amides is 1. The van der Waals surface area contributed by atoms with Gasteiger partial charge in [0.15, 0.2) is 0 Å². The standard InChI is InChI=1S/C11H20N2O2/c1-8(12)9-4-5-13(7-9)11(14)10-3-2-6-15-10/h8-10H,2-7,12H2,1H3/t8?,9?,10-/m1/s1. The van der Waals surface area contributed by atoms with Crippen LogP contribution in [0.25, 0.3) is 0 Å². The van der Waals surface area contributed by atoms with Crippen LogP contribution in [-0.2, 0) is 9.53 Å². The van der Waals surface area contributed by atoms with Crippen molar-refractivity contribution in [3.05, 3.63) is 0 Å². The van der Waals surface area contributed by atoms with Crippen molar-refractivity contribution < 1.29 is 9.53 Å². The van der Waals surface area contributed by atoms with Gasteiger partial charge in [-0.25, -0.2) is 0 Å². The van der Waals surface area contributed by atoms with Gasteiger partial charge < -0.3 is 15.4 Å². The average molecular weight is 212 g/mol. The van der Waals surface area contributed by atoms with Gasteiger partial charge in [-0.05, 0) is 32.1 Å². The third-order valence-electron chi connectivity index (χ3n) is 3.49. The molecule has 86 valence electrons. The molecule has 0 aromatic rings. The lowest BCUT2D eigenvalue weighted by Gasteiger charge is -2.21. The van der Waals surface area contributed by atoms with Crippen molar-refractivity contribution in [1.82, 2.24) is 4.90 Å². The zero-order valence-corrected chi connectivity index (χ0v) is 9.32. The Kier molecular flexibility index (Phi) is 3.26. The summed E-state index contributed by atoms with van der Waals surface area (Å²) in [5, 5.41) is 0. The number of hydrogen-bond donors (Lipinski definition) is 1. The van der Waals surface area contributed by atoms with Gasteiger partial charge in [0.2, 0.25) is 0 Å². The number of nitrogens with zero attached hydrogens (tertiary/aromatic N) is 1. The summed E-state index contributed by atoms with van der Waals surface area (Å²) in [4.78, 5) is 13.9. The number of nitrogens with two attached hydrogens (primary N) is 1. The Balaban J connectivity index is 1.87. The van der Waals surface area contributed by atoms with Gasteiger partial charge in [-0.3, -0.25) is 4.79 Å². The van der Waals surface area contributed by atoms with Crippen LogP contribution in [-0.4, -0.2) is 42.6 Å². The van der Waals surface area contributed by atoms with Crippen molar-refractivity contribution in [1.29, 1.82) is 0 Å². The molecule has 0 aliphatic carbocycles. The fourth-order valence-electron chi connectivity index (χ4n) is 2.39. The van der Waals surface area contributed by atoms with Crippen LogP contribution in [0.5, 0.6) is 0 Å². The minimum atomic E-state index is -0.170. The molecular weight excluding hydrogens is 192 g/mol. The molecule has 2 saturated heterocycles. The van der Waals surface area contributed by atoms with Crippen LogP contribution in [0.4, 0.5) is 0 Å². The molecule has 4 nitrogen and oxygen atoms in total. The molecule has 3 atom stereocenters. The molecule has 2 aliphatic heterocycles. The highest BCUT2D eigenvalue weighted by atomic mass is 16.5. The Morgan fingerprint density at radius 3 is 2.87 bits per heavy atom. The minimum Gasteiger partial charge on any atom is -0.368 e. The summed E-state index contributed by atoms with van der Waals surface area (Å²) in [5.74, 6) is 0.644. The van der Waals surface area contributed by atoms with E-state index in [0.29, 0.717) is 5.92 Å². The van der Waals surface area contributed by atoms with E-state index in [4.69, 9.17) is 10.5 Å². The van der Waals surface area contributed by atoms with Crippen LogP contribution in [0.15, 0.2) is 0 Å². The molecule has 0 aromatic carbocycles. The van der Waals surface area contributed by atoms with Gasteiger partial charge in [0.1, 0.15) is 6.10 Å². The molecule has 2 N–H and O–H groups in total. The quantitative estimate of drug-likeness (QED) is 0.719. The highest BCUT2D eigenvalue weighted by molar-refractivity contribution is 5.81. The maximum atomic E-state index is 12.0. The summed E-state index contributed by atoms with van der Waals surface area (Å²) in [6.07, 6.45) is 2.77. The Morgan fingerprint density at radius 1 is 1.53 bits per heavy atom. The van der Waals surface area contributed by atoms with Crippen molar-refractivity contribution in [2.24, 2.45) is 11.7 Å². The summed E-state index contributed by atoms with van der Waals surface area (Å²) in [6.45, 7) is 4.42. The first kappa shape index (κ1) is 10.9. The third kappa shape index (κ3) is 2.32. The van der Waals surface area contributed by atoms with Gasteiger partial charge in [-0.2, -0.15) is 0 Å². The molecule has 0 bridgehead atoms. The third-order valence-corrected chi connectivity index (χ3v) is 3.49. The van der Waals surface area contributed by atoms with Gasteiger partial charge in [0.05, 0.1) is 0 Å². The van der Waals surface area contributed by atoms with E-state index in [1.54, 1.807) is 0 Å². The minimum absolute atomic E-state index is 0.170. The lowest BCUT2D eigenvalue weighted by atomic mass is 10.0. The lowest BCUT2D eigenvalue weighted by Crippen LogP contribution is -2.38. The van der Waals surface area contributed by atoms with Crippen molar-refractivity contribution in [2.45, 2.75) is 38.3 Å². The molecule has 0 saturated carbocycles. The largest absolute Gasteiger partial charge is 0.368 e. The van der Waals surface area contributed by atoms with Crippen LogP contribution in [0, 0.1) is 5.92 Å². The number of ether oxygens (including phenoxy) is 1. The summed E-state index contributed by atoms with van der Waals surface area (Å²) in [5.41, 5.74) is 5.84. The van der Waals surface area contributed by atoms with E-state index in [1.807, 2.05) is 11.8 Å². The zero-order valence-electron chi connectivity index (χ0n) is 9.32. The number of carbonyl (C=O) groups is 1. The highest BCUT2D eigenvalue weighted by Gasteiger charge is 2.33. The smallest absolute Gasteiger partial charge is 0.251 e. The molecular formula is C11H20N2O2. The second-order valence-electron chi connectivity index (χ2n) is 4.69. The Labute approximate surface area is 90.8 Å². The Hall–Kier alpha value is -0.610. The summed E-state index contributed by atoms with van der Waals surface area (Å²) >= 11 is 0. The lowest BCUT2D eigenvalue weighted by molar-refractivity contribution is -0.139. The highest BCUT2D eigenvalue weighted by Crippen LogP contribution is 2.22.